The van der Waals surface area contributed by atoms with Crippen LogP contribution in [0.5, 0.6) is 5.75 Å². The standard InChI is InChI=1S/C23H18ClF3N2O4S/c1-34(31,32)20-12-2-15(3-13-20)21-28-22(30,14-29(21)18-8-6-17(24)7-9-18)16-4-10-19(11-5-16)33-23(25,26)27/h2-13,30H,14H2,1H3. The number of hydrogen-bond acceptors (Lipinski definition) is 6. The summed E-state index contributed by atoms with van der Waals surface area (Å²) in [6, 6.07) is 17.6. The minimum Gasteiger partial charge on any atom is -0.406 e. The third-order valence-electron chi connectivity index (χ3n) is 5.15. The molecule has 1 aliphatic rings. The molecule has 1 aliphatic heterocycles. The van der Waals surface area contributed by atoms with E-state index < -0.39 is 27.7 Å². The van der Waals surface area contributed by atoms with Crippen LogP contribution in [0.25, 0.3) is 0 Å². The van der Waals surface area contributed by atoms with Crippen molar-refractivity contribution in [2.45, 2.75) is 17.0 Å². The van der Waals surface area contributed by atoms with E-state index in [0.717, 1.165) is 18.4 Å². The second-order valence-electron chi connectivity index (χ2n) is 7.68. The van der Waals surface area contributed by atoms with E-state index in [4.69, 9.17) is 11.6 Å². The van der Waals surface area contributed by atoms with Gasteiger partial charge < -0.3 is 14.7 Å². The molecule has 0 radical (unpaired) electrons. The summed E-state index contributed by atoms with van der Waals surface area (Å²) in [6.07, 6.45) is -3.74. The first-order valence-corrected chi connectivity index (χ1v) is 12.1. The molecule has 4 rings (SSSR count). The molecule has 34 heavy (non-hydrogen) atoms. The van der Waals surface area contributed by atoms with Crippen molar-refractivity contribution in [3.05, 3.63) is 88.9 Å². The Hall–Kier alpha value is -3.08. The predicted molar refractivity (Wildman–Crippen MR) is 122 cm³/mol. The van der Waals surface area contributed by atoms with Gasteiger partial charge in [-0.05, 0) is 60.7 Å². The normalized spacial score (nSPS) is 18.6. The SMILES string of the molecule is CS(=O)(=O)c1ccc(C2=NC(O)(c3ccc(OC(F)(F)F)cc3)CN2c2ccc(Cl)cc2)cc1. The van der Waals surface area contributed by atoms with Gasteiger partial charge in [0.2, 0.25) is 5.72 Å². The lowest BCUT2D eigenvalue weighted by Crippen LogP contribution is -2.34. The van der Waals surface area contributed by atoms with Crippen LogP contribution in [0.4, 0.5) is 18.9 Å². The van der Waals surface area contributed by atoms with E-state index in [2.05, 4.69) is 9.73 Å². The number of benzene rings is 3. The molecule has 0 aromatic heterocycles. The van der Waals surface area contributed by atoms with Crippen molar-refractivity contribution in [1.82, 2.24) is 0 Å². The Kier molecular flexibility index (Phi) is 6.09. The van der Waals surface area contributed by atoms with E-state index >= 15 is 0 Å². The van der Waals surface area contributed by atoms with Crippen LogP contribution in [-0.2, 0) is 15.6 Å². The summed E-state index contributed by atoms with van der Waals surface area (Å²) >= 11 is 6.00. The molecule has 11 heteroatoms. The maximum Gasteiger partial charge on any atom is 0.573 e. The first kappa shape index (κ1) is 24.1. The molecule has 3 aromatic carbocycles. The van der Waals surface area contributed by atoms with Gasteiger partial charge in [0, 0.05) is 28.1 Å². The summed E-state index contributed by atoms with van der Waals surface area (Å²) in [7, 11) is -3.41. The van der Waals surface area contributed by atoms with E-state index in [1.54, 1.807) is 41.3 Å². The van der Waals surface area contributed by atoms with Crippen LogP contribution in [-0.4, -0.2) is 38.5 Å². The molecule has 3 aromatic rings. The Bertz CT molecular complexity index is 1330. The quantitative estimate of drug-likeness (QED) is 0.535. The Balaban J connectivity index is 1.74. The molecule has 1 N–H and O–H groups in total. The van der Waals surface area contributed by atoms with Gasteiger partial charge in [0.15, 0.2) is 9.84 Å². The average Bonchev–Trinajstić information content (AvgIpc) is 3.12. The zero-order chi connectivity index (χ0) is 24.7. The number of aliphatic hydroxyl groups is 1. The van der Waals surface area contributed by atoms with Crippen LogP contribution in [0, 0.1) is 0 Å². The lowest BCUT2D eigenvalue weighted by atomic mass is 10.0. The zero-order valence-corrected chi connectivity index (χ0v) is 19.2. The second-order valence-corrected chi connectivity index (χ2v) is 10.1. The van der Waals surface area contributed by atoms with Crippen molar-refractivity contribution >= 4 is 33.0 Å². The Morgan fingerprint density at radius 2 is 1.59 bits per heavy atom. The molecule has 0 amide bonds. The summed E-state index contributed by atoms with van der Waals surface area (Å²) in [4.78, 5) is 6.33. The fraction of sp³-hybridized carbons (Fsp3) is 0.174. The minimum atomic E-state index is -4.83. The van der Waals surface area contributed by atoms with Gasteiger partial charge in [0.05, 0.1) is 11.4 Å². The second kappa shape index (κ2) is 8.61. The monoisotopic (exact) mass is 510 g/mol. The molecular weight excluding hydrogens is 493 g/mol. The van der Waals surface area contributed by atoms with Crippen molar-refractivity contribution in [3.8, 4) is 5.75 Å². The number of amidine groups is 1. The predicted octanol–water partition coefficient (Wildman–Crippen LogP) is 4.75. The number of β-amino-alcohol motifs (C(OH)–C–C–N with tert-alkyl or cyclic N) is 1. The number of alkyl halides is 3. The summed E-state index contributed by atoms with van der Waals surface area (Å²) in [5.74, 6) is -0.0755. The van der Waals surface area contributed by atoms with E-state index in [1.807, 2.05) is 0 Å². The van der Waals surface area contributed by atoms with Crippen molar-refractivity contribution in [1.29, 1.82) is 0 Å². The highest BCUT2D eigenvalue weighted by atomic mass is 35.5. The summed E-state index contributed by atoms with van der Waals surface area (Å²) in [5, 5.41) is 11.9. The third-order valence-corrected chi connectivity index (χ3v) is 6.53. The van der Waals surface area contributed by atoms with Crippen molar-refractivity contribution in [2.24, 2.45) is 4.99 Å². The van der Waals surface area contributed by atoms with Crippen molar-refractivity contribution < 1.29 is 31.4 Å². The fourth-order valence-electron chi connectivity index (χ4n) is 3.55. The Morgan fingerprint density at radius 3 is 2.12 bits per heavy atom. The van der Waals surface area contributed by atoms with Crippen LogP contribution in [0.3, 0.4) is 0 Å². The highest BCUT2D eigenvalue weighted by molar-refractivity contribution is 7.90. The first-order chi connectivity index (χ1) is 15.8. The topological polar surface area (TPSA) is 79.2 Å². The molecule has 0 saturated heterocycles. The Labute approximate surface area is 198 Å². The van der Waals surface area contributed by atoms with E-state index in [-0.39, 0.29) is 17.0 Å². The number of hydrogen-bond donors (Lipinski definition) is 1. The van der Waals surface area contributed by atoms with Gasteiger partial charge in [-0.15, -0.1) is 13.2 Å². The van der Waals surface area contributed by atoms with E-state index in [9.17, 15) is 26.7 Å². The number of rotatable bonds is 5. The van der Waals surface area contributed by atoms with Gasteiger partial charge in [0.25, 0.3) is 0 Å². The first-order valence-electron chi connectivity index (χ1n) is 9.86. The molecule has 0 spiro atoms. The highest BCUT2D eigenvalue weighted by Gasteiger charge is 2.40. The van der Waals surface area contributed by atoms with Gasteiger partial charge in [-0.2, -0.15) is 0 Å². The summed E-state index contributed by atoms with van der Waals surface area (Å²) in [6.45, 7) is -0.0444. The van der Waals surface area contributed by atoms with Gasteiger partial charge in [0.1, 0.15) is 11.6 Å². The Morgan fingerprint density at radius 1 is 1.00 bits per heavy atom. The van der Waals surface area contributed by atoms with Crippen LogP contribution >= 0.6 is 11.6 Å². The molecule has 6 nitrogen and oxygen atoms in total. The fourth-order valence-corrected chi connectivity index (χ4v) is 4.31. The van der Waals surface area contributed by atoms with E-state index in [0.29, 0.717) is 22.1 Å². The number of ether oxygens (including phenoxy) is 1. The van der Waals surface area contributed by atoms with Crippen LogP contribution in [0.1, 0.15) is 11.1 Å². The van der Waals surface area contributed by atoms with Crippen LogP contribution in [0.2, 0.25) is 5.02 Å². The molecule has 0 aliphatic carbocycles. The largest absolute Gasteiger partial charge is 0.573 e. The molecule has 0 saturated carbocycles. The lowest BCUT2D eigenvalue weighted by Gasteiger charge is -2.25. The molecule has 0 fully saturated rings. The van der Waals surface area contributed by atoms with E-state index in [1.165, 1.54) is 24.3 Å². The van der Waals surface area contributed by atoms with Gasteiger partial charge in [-0.25, -0.2) is 13.4 Å². The van der Waals surface area contributed by atoms with Crippen molar-refractivity contribution in [3.63, 3.8) is 0 Å². The van der Waals surface area contributed by atoms with Gasteiger partial charge in [-0.3, -0.25) is 0 Å². The molecule has 1 unspecified atom stereocenters. The number of sulfone groups is 1. The molecule has 1 heterocycles. The zero-order valence-electron chi connectivity index (χ0n) is 17.6. The number of anilines is 1. The molecule has 178 valence electrons. The summed E-state index contributed by atoms with van der Waals surface area (Å²) < 4.78 is 65.0. The maximum atomic E-state index is 12.5. The maximum absolute atomic E-state index is 12.5. The summed E-state index contributed by atoms with van der Waals surface area (Å²) in [5.41, 5.74) is -0.344. The van der Waals surface area contributed by atoms with Crippen LogP contribution in [0.15, 0.2) is 82.7 Å². The van der Waals surface area contributed by atoms with Crippen LogP contribution < -0.4 is 9.64 Å². The number of halogens is 4. The minimum absolute atomic E-state index is 0.0444. The number of aliphatic imine (C=N–C) groups is 1. The molecule has 1 atom stereocenters. The number of nitrogens with zero attached hydrogens (tertiary/aromatic N) is 2. The lowest BCUT2D eigenvalue weighted by molar-refractivity contribution is -0.274. The van der Waals surface area contributed by atoms with Crippen molar-refractivity contribution in [2.75, 3.05) is 17.7 Å². The van der Waals surface area contributed by atoms with Gasteiger partial charge >= 0.3 is 6.36 Å². The smallest absolute Gasteiger partial charge is 0.406 e. The third kappa shape index (κ3) is 5.19. The van der Waals surface area contributed by atoms with Gasteiger partial charge in [-0.1, -0.05) is 23.7 Å². The highest BCUT2D eigenvalue weighted by Crippen LogP contribution is 2.36. The average molecular weight is 511 g/mol. The molecular formula is C23H18ClF3N2O4S. The molecule has 0 bridgehead atoms.